The Bertz CT molecular complexity index is 447. The van der Waals surface area contributed by atoms with Gasteiger partial charge in [-0.1, -0.05) is 39.7 Å². The number of alkyl halides is 1. The van der Waals surface area contributed by atoms with Gasteiger partial charge >= 0.3 is 0 Å². The number of amides is 1. The zero-order valence-corrected chi connectivity index (χ0v) is 13.0. The van der Waals surface area contributed by atoms with Gasteiger partial charge in [-0.25, -0.2) is 0 Å². The van der Waals surface area contributed by atoms with E-state index in [1.54, 1.807) is 6.07 Å². The van der Waals surface area contributed by atoms with Crippen molar-refractivity contribution >= 4 is 33.4 Å². The van der Waals surface area contributed by atoms with Crippen molar-refractivity contribution in [2.24, 2.45) is 0 Å². The van der Waals surface area contributed by atoms with E-state index >= 15 is 0 Å². The predicted octanol–water partition coefficient (Wildman–Crippen LogP) is 2.94. The van der Waals surface area contributed by atoms with Crippen molar-refractivity contribution in [1.29, 1.82) is 0 Å². The van der Waals surface area contributed by atoms with E-state index < -0.39 is 0 Å². The van der Waals surface area contributed by atoms with E-state index in [-0.39, 0.29) is 11.4 Å². The predicted molar refractivity (Wildman–Crippen MR) is 79.9 cm³/mol. The average molecular weight is 347 g/mol. The molecule has 19 heavy (non-hydrogen) atoms. The van der Waals surface area contributed by atoms with E-state index in [1.165, 1.54) is 0 Å². The van der Waals surface area contributed by atoms with Gasteiger partial charge in [-0.05, 0) is 30.5 Å². The van der Waals surface area contributed by atoms with Crippen LogP contribution in [0.25, 0.3) is 0 Å². The van der Waals surface area contributed by atoms with E-state index in [9.17, 15) is 4.79 Å². The summed E-state index contributed by atoms with van der Waals surface area (Å²) in [6.07, 6.45) is 2.05. The minimum absolute atomic E-state index is 0.0311. The van der Waals surface area contributed by atoms with Crippen LogP contribution in [0, 0.1) is 0 Å². The van der Waals surface area contributed by atoms with Gasteiger partial charge < -0.3 is 10.1 Å². The molecule has 5 heteroatoms. The van der Waals surface area contributed by atoms with Crippen LogP contribution >= 0.6 is 27.5 Å². The quantitative estimate of drug-likeness (QED) is 0.851. The Morgan fingerprint density at radius 2 is 2.16 bits per heavy atom. The summed E-state index contributed by atoms with van der Waals surface area (Å²) in [6.45, 7) is 1.39. The molecule has 1 aromatic carbocycles. The molecule has 1 heterocycles. The minimum Gasteiger partial charge on any atom is -0.381 e. The number of halogens is 2. The number of hydrogen-bond acceptors (Lipinski definition) is 2. The Balaban J connectivity index is 1.96. The van der Waals surface area contributed by atoms with E-state index in [0.717, 1.165) is 23.7 Å². The Morgan fingerprint density at radius 1 is 1.42 bits per heavy atom. The Morgan fingerprint density at radius 3 is 2.79 bits per heavy atom. The van der Waals surface area contributed by atoms with Crippen LogP contribution in [0.15, 0.2) is 24.3 Å². The molecule has 0 unspecified atom stereocenters. The van der Waals surface area contributed by atoms with E-state index in [1.807, 2.05) is 18.2 Å². The Labute approximate surface area is 126 Å². The van der Waals surface area contributed by atoms with Gasteiger partial charge in [0.05, 0.1) is 12.0 Å². The molecule has 3 nitrogen and oxygen atoms in total. The molecule has 1 aliphatic rings. The number of nitrogens with one attached hydrogen (secondary N) is 1. The summed E-state index contributed by atoms with van der Waals surface area (Å²) in [5, 5.41) is 4.55. The van der Waals surface area contributed by atoms with Gasteiger partial charge in [-0.2, -0.15) is 0 Å². The van der Waals surface area contributed by atoms with Gasteiger partial charge in [0.25, 0.3) is 0 Å². The van der Waals surface area contributed by atoms with Gasteiger partial charge in [0.15, 0.2) is 0 Å². The number of ether oxygens (including phenoxy) is 1. The third kappa shape index (κ3) is 4.20. The number of rotatable bonds is 4. The lowest BCUT2D eigenvalue weighted by molar-refractivity contribution is -0.123. The second-order valence-corrected chi connectivity index (χ2v) is 5.88. The number of hydrogen-bond donors (Lipinski definition) is 1. The molecule has 0 atom stereocenters. The lowest BCUT2D eigenvalue weighted by Crippen LogP contribution is -2.53. The van der Waals surface area contributed by atoms with E-state index in [4.69, 9.17) is 16.3 Å². The highest BCUT2D eigenvalue weighted by molar-refractivity contribution is 9.09. The van der Waals surface area contributed by atoms with Crippen LogP contribution in [0.3, 0.4) is 0 Å². The molecule has 1 aliphatic heterocycles. The SMILES string of the molecule is O=C(Cc1cccc(Cl)c1)NC1(CBr)CCOCC1. The lowest BCUT2D eigenvalue weighted by atomic mass is 9.92. The molecular formula is C14H17BrClNO2. The molecule has 0 aromatic heterocycles. The molecule has 1 fully saturated rings. The molecule has 2 rings (SSSR count). The van der Waals surface area contributed by atoms with Crippen LogP contribution in [-0.2, 0) is 16.0 Å². The van der Waals surface area contributed by atoms with Gasteiger partial charge in [0.2, 0.25) is 5.91 Å². The molecule has 1 aromatic rings. The number of carbonyl (C=O) groups excluding carboxylic acids is 1. The molecule has 0 spiro atoms. The molecule has 0 aliphatic carbocycles. The first kappa shape index (κ1) is 14.8. The fourth-order valence-electron chi connectivity index (χ4n) is 2.23. The van der Waals surface area contributed by atoms with Crippen LogP contribution in [0.1, 0.15) is 18.4 Å². The maximum Gasteiger partial charge on any atom is 0.224 e. The van der Waals surface area contributed by atoms with Gasteiger partial charge in [0, 0.05) is 23.6 Å². The summed E-state index contributed by atoms with van der Waals surface area (Å²) in [4.78, 5) is 12.1. The first-order valence-corrected chi connectivity index (χ1v) is 7.83. The minimum atomic E-state index is -0.173. The van der Waals surface area contributed by atoms with Crippen molar-refractivity contribution in [2.75, 3.05) is 18.5 Å². The van der Waals surface area contributed by atoms with E-state index in [2.05, 4.69) is 21.2 Å². The van der Waals surface area contributed by atoms with Crippen LogP contribution in [0.4, 0.5) is 0 Å². The van der Waals surface area contributed by atoms with Crippen LogP contribution in [0.2, 0.25) is 5.02 Å². The van der Waals surface area contributed by atoms with Crippen molar-refractivity contribution in [1.82, 2.24) is 5.32 Å². The van der Waals surface area contributed by atoms with Crippen molar-refractivity contribution in [3.63, 3.8) is 0 Å². The molecule has 104 valence electrons. The van der Waals surface area contributed by atoms with Crippen molar-refractivity contribution in [3.05, 3.63) is 34.9 Å². The normalized spacial score (nSPS) is 18.0. The zero-order valence-electron chi connectivity index (χ0n) is 10.6. The second kappa shape index (κ2) is 6.73. The standard InChI is InChI=1S/C14H17BrClNO2/c15-10-14(4-6-19-7-5-14)17-13(18)9-11-2-1-3-12(16)8-11/h1-3,8H,4-7,9-10H2,(H,17,18). The third-order valence-corrected chi connectivity index (χ3v) is 4.67. The van der Waals surface area contributed by atoms with Crippen LogP contribution in [-0.4, -0.2) is 30.0 Å². The van der Waals surface area contributed by atoms with E-state index in [0.29, 0.717) is 24.7 Å². The highest BCUT2D eigenvalue weighted by Gasteiger charge is 2.32. The highest BCUT2D eigenvalue weighted by atomic mass is 79.9. The molecule has 1 amide bonds. The fraction of sp³-hybridized carbons (Fsp3) is 0.500. The van der Waals surface area contributed by atoms with Crippen molar-refractivity contribution in [2.45, 2.75) is 24.8 Å². The first-order valence-electron chi connectivity index (χ1n) is 6.33. The fourth-order valence-corrected chi connectivity index (χ4v) is 3.14. The molecular weight excluding hydrogens is 330 g/mol. The maximum absolute atomic E-state index is 12.1. The van der Waals surface area contributed by atoms with Crippen molar-refractivity contribution in [3.8, 4) is 0 Å². The topological polar surface area (TPSA) is 38.3 Å². The van der Waals surface area contributed by atoms with Crippen LogP contribution in [0.5, 0.6) is 0 Å². The Kier molecular flexibility index (Phi) is 5.25. The zero-order chi connectivity index (χ0) is 13.7. The van der Waals surface area contributed by atoms with Gasteiger partial charge in [-0.3, -0.25) is 4.79 Å². The second-order valence-electron chi connectivity index (χ2n) is 4.88. The molecule has 0 bridgehead atoms. The Hall–Kier alpha value is -0.580. The van der Waals surface area contributed by atoms with Gasteiger partial charge in [-0.15, -0.1) is 0 Å². The molecule has 0 radical (unpaired) electrons. The highest BCUT2D eigenvalue weighted by Crippen LogP contribution is 2.23. The first-order chi connectivity index (χ1) is 9.13. The summed E-state index contributed by atoms with van der Waals surface area (Å²) >= 11 is 9.42. The number of carbonyl (C=O) groups is 1. The summed E-state index contributed by atoms with van der Waals surface area (Å²) in [6, 6.07) is 7.41. The summed E-state index contributed by atoms with van der Waals surface area (Å²) in [7, 11) is 0. The molecule has 1 N–H and O–H groups in total. The molecule has 0 saturated carbocycles. The molecule has 1 saturated heterocycles. The van der Waals surface area contributed by atoms with Crippen molar-refractivity contribution < 1.29 is 9.53 Å². The van der Waals surface area contributed by atoms with Gasteiger partial charge in [0.1, 0.15) is 0 Å². The lowest BCUT2D eigenvalue weighted by Gasteiger charge is -2.36. The smallest absolute Gasteiger partial charge is 0.224 e. The monoisotopic (exact) mass is 345 g/mol. The van der Waals surface area contributed by atoms with Crippen LogP contribution < -0.4 is 5.32 Å². The summed E-state index contributed by atoms with van der Waals surface area (Å²) in [5.41, 5.74) is 0.759. The maximum atomic E-state index is 12.1. The number of benzene rings is 1. The largest absolute Gasteiger partial charge is 0.381 e. The average Bonchev–Trinajstić information content (AvgIpc) is 2.39. The third-order valence-electron chi connectivity index (χ3n) is 3.36. The summed E-state index contributed by atoms with van der Waals surface area (Å²) in [5.74, 6) is 0.0311. The summed E-state index contributed by atoms with van der Waals surface area (Å²) < 4.78 is 5.35.